The maximum absolute atomic E-state index is 5.65. The van der Waals surface area contributed by atoms with Crippen molar-refractivity contribution in [2.45, 2.75) is 25.7 Å². The van der Waals surface area contributed by atoms with Crippen molar-refractivity contribution in [3.63, 3.8) is 0 Å². The molecule has 0 radical (unpaired) electrons. The molecule has 0 bridgehead atoms. The van der Waals surface area contributed by atoms with Gasteiger partial charge in [-0.25, -0.2) is 0 Å². The van der Waals surface area contributed by atoms with Gasteiger partial charge in [0.25, 0.3) is 0 Å². The Bertz CT molecular complexity index is 421. The highest BCUT2D eigenvalue weighted by atomic mass is 79.9. The second-order valence-corrected chi connectivity index (χ2v) is 9.70. The molecule has 11 nitrogen and oxygen atoms in total. The van der Waals surface area contributed by atoms with Gasteiger partial charge in [-0.2, -0.15) is 0 Å². The molecule has 248 valence electrons. The lowest BCUT2D eigenvalue weighted by atomic mass is 10.2. The van der Waals surface area contributed by atoms with E-state index in [0.717, 1.165) is 30.7 Å². The molecule has 0 rings (SSSR count). The SMILES string of the molecule is ClCCCCCCOCCOCCOCCOCCOCCOCCOCCOCCOCCOCCOCCBr. The number of unbranched alkanes of at least 4 members (excludes halogenated alkanes) is 3. The van der Waals surface area contributed by atoms with Gasteiger partial charge in [0.1, 0.15) is 0 Å². The van der Waals surface area contributed by atoms with Gasteiger partial charge in [0.05, 0.1) is 139 Å². The van der Waals surface area contributed by atoms with Crippen LogP contribution in [-0.4, -0.2) is 157 Å². The van der Waals surface area contributed by atoms with Crippen LogP contribution in [0.4, 0.5) is 0 Å². The van der Waals surface area contributed by atoms with E-state index in [1.165, 1.54) is 12.8 Å². The van der Waals surface area contributed by atoms with Crippen LogP contribution in [0.2, 0.25) is 0 Å². The third-order valence-electron chi connectivity index (χ3n) is 5.11. The lowest BCUT2D eigenvalue weighted by Crippen LogP contribution is -2.15. The first-order valence-corrected chi connectivity index (χ1v) is 16.5. The number of ether oxygens (including phenoxy) is 11. The Morgan fingerprint density at radius 1 is 0.268 bits per heavy atom. The predicted octanol–water partition coefficient (Wildman–Crippen LogP) is 3.36. The van der Waals surface area contributed by atoms with E-state index in [9.17, 15) is 0 Å². The molecule has 13 heteroatoms. The molecule has 0 aromatic rings. The molecule has 41 heavy (non-hydrogen) atoms. The number of halogens is 2. The molecule has 0 aromatic carbocycles. The van der Waals surface area contributed by atoms with E-state index in [4.69, 9.17) is 63.7 Å². The first-order valence-electron chi connectivity index (χ1n) is 14.9. The second kappa shape index (κ2) is 40.3. The van der Waals surface area contributed by atoms with Gasteiger partial charge in [-0.3, -0.25) is 0 Å². The zero-order valence-electron chi connectivity index (χ0n) is 25.0. The van der Waals surface area contributed by atoms with E-state index in [1.54, 1.807) is 0 Å². The maximum Gasteiger partial charge on any atom is 0.0701 e. The molecule has 0 fully saturated rings. The minimum absolute atomic E-state index is 0.521. The molecule has 0 heterocycles. The van der Waals surface area contributed by atoms with Gasteiger partial charge in [-0.05, 0) is 12.8 Å². The van der Waals surface area contributed by atoms with Gasteiger partial charge in [0, 0.05) is 17.8 Å². The minimum atomic E-state index is 0.521. The van der Waals surface area contributed by atoms with Crippen molar-refractivity contribution >= 4 is 27.5 Å². The van der Waals surface area contributed by atoms with Crippen LogP contribution in [0.5, 0.6) is 0 Å². The summed E-state index contributed by atoms with van der Waals surface area (Å²) < 4.78 is 59.9. The summed E-state index contributed by atoms with van der Waals surface area (Å²) in [5.74, 6) is 0.745. The number of hydrogen-bond acceptors (Lipinski definition) is 11. The summed E-state index contributed by atoms with van der Waals surface area (Å²) >= 11 is 8.95. The Kier molecular flexibility index (Phi) is 40.7. The number of hydrogen-bond donors (Lipinski definition) is 0. The van der Waals surface area contributed by atoms with Crippen molar-refractivity contribution in [3.8, 4) is 0 Å². The molecular weight excluding hydrogens is 628 g/mol. The molecular formula is C28H56BrClO11. The van der Waals surface area contributed by atoms with Crippen LogP contribution >= 0.6 is 27.5 Å². The molecule has 0 aliphatic carbocycles. The molecule has 0 atom stereocenters. The van der Waals surface area contributed by atoms with Crippen LogP contribution < -0.4 is 0 Å². The summed E-state index contributed by atoms with van der Waals surface area (Å²) in [7, 11) is 0. The van der Waals surface area contributed by atoms with E-state index in [1.807, 2.05) is 0 Å². The van der Waals surface area contributed by atoms with Crippen LogP contribution in [0.1, 0.15) is 25.7 Å². The van der Waals surface area contributed by atoms with Crippen LogP contribution in [0.15, 0.2) is 0 Å². The quantitative estimate of drug-likeness (QED) is 0.0708. The summed E-state index contributed by atoms with van der Waals surface area (Å²) in [4.78, 5) is 0. The molecule has 0 aliphatic rings. The monoisotopic (exact) mass is 682 g/mol. The van der Waals surface area contributed by atoms with Gasteiger partial charge < -0.3 is 52.1 Å². The molecule has 0 amide bonds. The van der Waals surface area contributed by atoms with E-state index >= 15 is 0 Å². The second-order valence-electron chi connectivity index (χ2n) is 8.53. The molecule has 0 N–H and O–H groups in total. The average molecular weight is 684 g/mol. The molecule has 0 spiro atoms. The fourth-order valence-electron chi connectivity index (χ4n) is 3.01. The highest BCUT2D eigenvalue weighted by molar-refractivity contribution is 9.09. The van der Waals surface area contributed by atoms with Crippen LogP contribution in [0.25, 0.3) is 0 Å². The summed E-state index contributed by atoms with van der Waals surface area (Å²) in [6.07, 6.45) is 4.51. The summed E-state index contributed by atoms with van der Waals surface area (Å²) in [5, 5.41) is 0.840. The summed E-state index contributed by atoms with van der Waals surface area (Å²) in [5.41, 5.74) is 0. The molecule has 0 saturated carbocycles. The maximum atomic E-state index is 5.65. The Morgan fingerprint density at radius 2 is 0.488 bits per heavy atom. The standard InChI is InChI=1S/C28H56BrClO11/c29-5-8-32-10-12-34-14-16-36-18-20-38-22-24-40-26-28-41-27-25-39-23-21-37-19-17-35-15-13-33-11-9-31-7-4-2-1-3-6-30/h1-28H2. The zero-order valence-corrected chi connectivity index (χ0v) is 27.4. The smallest absolute Gasteiger partial charge is 0.0701 e. The van der Waals surface area contributed by atoms with Gasteiger partial charge in [0.15, 0.2) is 0 Å². The fraction of sp³-hybridized carbons (Fsp3) is 1.00. The first kappa shape index (κ1) is 41.3. The van der Waals surface area contributed by atoms with Crippen molar-refractivity contribution in [2.75, 3.05) is 157 Å². The fourth-order valence-corrected chi connectivity index (χ4v) is 3.43. The molecule has 0 aliphatic heterocycles. The lowest BCUT2D eigenvalue weighted by molar-refractivity contribution is -0.0274. The minimum Gasteiger partial charge on any atom is -0.379 e. The third-order valence-corrected chi connectivity index (χ3v) is 5.70. The van der Waals surface area contributed by atoms with Crippen molar-refractivity contribution < 1.29 is 52.1 Å². The highest BCUT2D eigenvalue weighted by Gasteiger charge is 1.96. The van der Waals surface area contributed by atoms with E-state index in [2.05, 4.69) is 15.9 Å². The highest BCUT2D eigenvalue weighted by Crippen LogP contribution is 2.01. The van der Waals surface area contributed by atoms with Crippen LogP contribution in [0.3, 0.4) is 0 Å². The molecule has 0 aromatic heterocycles. The van der Waals surface area contributed by atoms with Gasteiger partial charge in [-0.15, -0.1) is 11.6 Å². The van der Waals surface area contributed by atoms with Crippen molar-refractivity contribution in [2.24, 2.45) is 0 Å². The van der Waals surface area contributed by atoms with Crippen molar-refractivity contribution in [1.29, 1.82) is 0 Å². The van der Waals surface area contributed by atoms with Crippen molar-refractivity contribution in [3.05, 3.63) is 0 Å². The number of alkyl halides is 2. The van der Waals surface area contributed by atoms with Crippen LogP contribution in [0, 0.1) is 0 Å². The van der Waals surface area contributed by atoms with Gasteiger partial charge in [0.2, 0.25) is 0 Å². The largest absolute Gasteiger partial charge is 0.379 e. The Hall–Kier alpha value is 0.330. The predicted molar refractivity (Wildman–Crippen MR) is 162 cm³/mol. The van der Waals surface area contributed by atoms with E-state index < -0.39 is 0 Å². The lowest BCUT2D eigenvalue weighted by Gasteiger charge is -2.09. The molecule has 0 saturated heterocycles. The topological polar surface area (TPSA) is 102 Å². The Balaban J connectivity index is 3.02. The van der Waals surface area contributed by atoms with E-state index in [0.29, 0.717) is 139 Å². The normalized spacial score (nSPS) is 11.6. The van der Waals surface area contributed by atoms with E-state index in [-0.39, 0.29) is 0 Å². The zero-order chi connectivity index (χ0) is 29.6. The first-order chi connectivity index (χ1) is 20.4. The average Bonchev–Trinajstić information content (AvgIpc) is 2.98. The van der Waals surface area contributed by atoms with Gasteiger partial charge >= 0.3 is 0 Å². The third kappa shape index (κ3) is 40.3. The Morgan fingerprint density at radius 3 is 0.732 bits per heavy atom. The summed E-state index contributed by atoms with van der Waals surface area (Å²) in [6, 6.07) is 0. The van der Waals surface area contributed by atoms with Crippen molar-refractivity contribution in [1.82, 2.24) is 0 Å². The Labute approximate surface area is 261 Å². The number of rotatable bonds is 38. The summed E-state index contributed by atoms with van der Waals surface area (Å²) in [6.45, 7) is 12.4. The molecule has 0 unspecified atom stereocenters. The van der Waals surface area contributed by atoms with Crippen LogP contribution in [-0.2, 0) is 52.1 Å². The van der Waals surface area contributed by atoms with Gasteiger partial charge in [-0.1, -0.05) is 28.8 Å².